The molecule has 150 valence electrons. The predicted molar refractivity (Wildman–Crippen MR) is 113 cm³/mol. The first-order valence-corrected chi connectivity index (χ1v) is 9.84. The van der Waals surface area contributed by atoms with Gasteiger partial charge in [0.05, 0.1) is 13.0 Å². The van der Waals surface area contributed by atoms with E-state index in [4.69, 9.17) is 4.74 Å². The van der Waals surface area contributed by atoms with Gasteiger partial charge in [-0.2, -0.15) is 0 Å². The van der Waals surface area contributed by atoms with Gasteiger partial charge in [-0.3, -0.25) is 9.59 Å². The van der Waals surface area contributed by atoms with E-state index in [0.717, 1.165) is 33.5 Å². The highest BCUT2D eigenvalue weighted by Crippen LogP contribution is 2.28. The van der Waals surface area contributed by atoms with Gasteiger partial charge in [-0.05, 0) is 48.7 Å². The third kappa shape index (κ3) is 3.83. The number of nitrogens with one attached hydrogen (secondary N) is 2. The highest BCUT2D eigenvalue weighted by atomic mass is 16.5. The number of carbonyl (C=O) groups is 2. The van der Waals surface area contributed by atoms with Gasteiger partial charge in [-0.25, -0.2) is 0 Å². The number of rotatable bonds is 6. The van der Waals surface area contributed by atoms with Crippen LogP contribution < -0.4 is 15.0 Å². The Kier molecular flexibility index (Phi) is 5.25. The van der Waals surface area contributed by atoms with Gasteiger partial charge >= 0.3 is 0 Å². The van der Waals surface area contributed by atoms with E-state index in [0.29, 0.717) is 19.5 Å². The number of aromatic amines is 1. The molecular weight excluding hydrogens is 366 g/mol. The van der Waals surface area contributed by atoms with Gasteiger partial charge in [0.15, 0.2) is 0 Å². The number of nitrogens with zero attached hydrogens (tertiary/aromatic N) is 1. The molecule has 2 amide bonds. The molecule has 2 N–H and O–H groups in total. The molecule has 0 aliphatic carbocycles. The number of para-hydroxylation sites is 1. The molecule has 0 unspecified atom stereocenters. The maximum Gasteiger partial charge on any atom is 0.227 e. The van der Waals surface area contributed by atoms with Crippen LogP contribution in [-0.4, -0.2) is 37.0 Å². The van der Waals surface area contributed by atoms with E-state index in [1.165, 1.54) is 0 Å². The van der Waals surface area contributed by atoms with E-state index in [1.54, 1.807) is 12.0 Å². The Bertz CT molecular complexity index is 1060. The molecule has 2 aromatic carbocycles. The van der Waals surface area contributed by atoms with Crippen LogP contribution in [0.4, 0.5) is 5.69 Å². The average molecular weight is 391 g/mol. The van der Waals surface area contributed by atoms with E-state index < -0.39 is 0 Å². The van der Waals surface area contributed by atoms with Gasteiger partial charge in [0.1, 0.15) is 5.75 Å². The highest BCUT2D eigenvalue weighted by molar-refractivity contribution is 6.00. The van der Waals surface area contributed by atoms with Gasteiger partial charge in [0.2, 0.25) is 11.8 Å². The number of ether oxygens (including phenoxy) is 1. The van der Waals surface area contributed by atoms with Crippen molar-refractivity contribution >= 4 is 28.4 Å². The van der Waals surface area contributed by atoms with Crippen molar-refractivity contribution in [3.05, 3.63) is 59.8 Å². The molecule has 29 heavy (non-hydrogen) atoms. The van der Waals surface area contributed by atoms with Crippen LogP contribution >= 0.6 is 0 Å². The Balaban J connectivity index is 1.36. The number of benzene rings is 2. The van der Waals surface area contributed by atoms with Crippen LogP contribution in [0.5, 0.6) is 5.75 Å². The van der Waals surface area contributed by atoms with Crippen LogP contribution in [0.15, 0.2) is 48.7 Å². The predicted octanol–water partition coefficient (Wildman–Crippen LogP) is 3.20. The van der Waals surface area contributed by atoms with Gasteiger partial charge < -0.3 is 19.9 Å². The van der Waals surface area contributed by atoms with Gasteiger partial charge in [-0.1, -0.05) is 18.2 Å². The Morgan fingerprint density at radius 2 is 2.10 bits per heavy atom. The van der Waals surface area contributed by atoms with E-state index >= 15 is 0 Å². The molecule has 1 saturated heterocycles. The highest BCUT2D eigenvalue weighted by Gasteiger charge is 2.35. The van der Waals surface area contributed by atoms with Crippen molar-refractivity contribution in [2.75, 3.05) is 25.1 Å². The number of amides is 2. The molecule has 1 fully saturated rings. The van der Waals surface area contributed by atoms with E-state index in [-0.39, 0.29) is 24.2 Å². The van der Waals surface area contributed by atoms with Crippen LogP contribution in [0.3, 0.4) is 0 Å². The zero-order valence-electron chi connectivity index (χ0n) is 16.7. The zero-order chi connectivity index (χ0) is 20.4. The summed E-state index contributed by atoms with van der Waals surface area (Å²) in [6.07, 6.45) is 2.93. The Morgan fingerprint density at radius 1 is 1.28 bits per heavy atom. The van der Waals surface area contributed by atoms with E-state index in [1.807, 2.05) is 55.6 Å². The summed E-state index contributed by atoms with van der Waals surface area (Å²) < 4.78 is 5.30. The lowest BCUT2D eigenvalue weighted by Gasteiger charge is -2.19. The summed E-state index contributed by atoms with van der Waals surface area (Å²) >= 11 is 0. The quantitative estimate of drug-likeness (QED) is 0.678. The van der Waals surface area contributed by atoms with Crippen molar-refractivity contribution in [1.82, 2.24) is 10.3 Å². The SMILES string of the molecule is COc1ccc2[nH]cc(CCNC(=O)[C@H]3CC(=O)N(c4ccccc4C)C3)c2c1. The largest absolute Gasteiger partial charge is 0.497 e. The molecule has 6 heteroatoms. The van der Waals surface area contributed by atoms with Crippen molar-refractivity contribution in [2.24, 2.45) is 5.92 Å². The Morgan fingerprint density at radius 3 is 2.90 bits per heavy atom. The fourth-order valence-electron chi connectivity index (χ4n) is 3.94. The molecule has 0 bridgehead atoms. The minimum absolute atomic E-state index is 0.00294. The van der Waals surface area contributed by atoms with Crippen molar-refractivity contribution in [1.29, 1.82) is 0 Å². The van der Waals surface area contributed by atoms with Crippen molar-refractivity contribution in [3.63, 3.8) is 0 Å². The maximum atomic E-state index is 12.6. The molecular formula is C23H25N3O3. The van der Waals surface area contributed by atoms with Crippen LogP contribution in [0, 0.1) is 12.8 Å². The van der Waals surface area contributed by atoms with Crippen LogP contribution in [0.2, 0.25) is 0 Å². The first-order valence-electron chi connectivity index (χ1n) is 9.84. The minimum atomic E-state index is -0.315. The maximum absolute atomic E-state index is 12.6. The summed E-state index contributed by atoms with van der Waals surface area (Å²) in [6.45, 7) is 2.93. The number of methoxy groups -OCH3 is 1. The molecule has 0 spiro atoms. The molecule has 2 heterocycles. The van der Waals surface area contributed by atoms with Crippen molar-refractivity contribution < 1.29 is 14.3 Å². The van der Waals surface area contributed by atoms with Crippen LogP contribution in [0.25, 0.3) is 10.9 Å². The lowest BCUT2D eigenvalue weighted by atomic mass is 10.1. The molecule has 1 aromatic heterocycles. The lowest BCUT2D eigenvalue weighted by molar-refractivity contribution is -0.126. The summed E-state index contributed by atoms with van der Waals surface area (Å²) in [6, 6.07) is 13.7. The number of aryl methyl sites for hydroxylation is 1. The molecule has 0 saturated carbocycles. The Hall–Kier alpha value is -3.28. The van der Waals surface area contributed by atoms with Crippen LogP contribution in [0.1, 0.15) is 17.5 Å². The zero-order valence-corrected chi connectivity index (χ0v) is 16.7. The molecule has 1 atom stereocenters. The van der Waals surface area contributed by atoms with E-state index in [2.05, 4.69) is 10.3 Å². The fourth-order valence-corrected chi connectivity index (χ4v) is 3.94. The standard InChI is InChI=1S/C23H25N3O3/c1-15-5-3-4-6-21(15)26-14-17(11-22(26)27)23(28)24-10-9-16-13-25-20-8-7-18(29-2)12-19(16)20/h3-8,12-13,17,25H,9-11,14H2,1-2H3,(H,24,28)/t17-/m0/s1. The average Bonchev–Trinajstić information content (AvgIpc) is 3.31. The van der Waals surface area contributed by atoms with Crippen molar-refractivity contribution in [3.8, 4) is 5.75 Å². The molecule has 0 radical (unpaired) electrons. The summed E-state index contributed by atoms with van der Waals surface area (Å²) in [5, 5.41) is 4.10. The third-order valence-electron chi connectivity index (χ3n) is 5.57. The Labute approximate surface area is 169 Å². The second-order valence-corrected chi connectivity index (χ2v) is 7.46. The molecule has 1 aliphatic rings. The summed E-state index contributed by atoms with van der Waals surface area (Å²) in [5.74, 6) is 0.434. The summed E-state index contributed by atoms with van der Waals surface area (Å²) in [5.41, 5.74) is 4.10. The molecule has 6 nitrogen and oxygen atoms in total. The normalized spacial score (nSPS) is 16.4. The second-order valence-electron chi connectivity index (χ2n) is 7.46. The number of aromatic nitrogens is 1. The van der Waals surface area contributed by atoms with Crippen LogP contribution in [-0.2, 0) is 16.0 Å². The smallest absolute Gasteiger partial charge is 0.227 e. The van der Waals surface area contributed by atoms with Crippen molar-refractivity contribution in [2.45, 2.75) is 19.8 Å². The van der Waals surface area contributed by atoms with Gasteiger partial charge in [0.25, 0.3) is 0 Å². The first-order chi connectivity index (χ1) is 14.1. The molecule has 1 aliphatic heterocycles. The number of H-pyrrole nitrogens is 1. The number of hydrogen-bond acceptors (Lipinski definition) is 3. The second kappa shape index (κ2) is 7.99. The lowest BCUT2D eigenvalue weighted by Crippen LogP contribution is -2.34. The number of carbonyl (C=O) groups excluding carboxylic acids is 2. The topological polar surface area (TPSA) is 74.4 Å². The fraction of sp³-hybridized carbons (Fsp3) is 0.304. The minimum Gasteiger partial charge on any atom is -0.497 e. The number of hydrogen-bond donors (Lipinski definition) is 2. The molecule has 3 aromatic rings. The summed E-state index contributed by atoms with van der Waals surface area (Å²) in [7, 11) is 1.65. The monoisotopic (exact) mass is 391 g/mol. The van der Waals surface area contributed by atoms with Gasteiger partial charge in [-0.15, -0.1) is 0 Å². The van der Waals surface area contributed by atoms with Gasteiger partial charge in [0, 0.05) is 42.3 Å². The number of anilines is 1. The number of fused-ring (bicyclic) bond motifs is 1. The molecule has 4 rings (SSSR count). The van der Waals surface area contributed by atoms with E-state index in [9.17, 15) is 9.59 Å². The third-order valence-corrected chi connectivity index (χ3v) is 5.57. The first kappa shape index (κ1) is 19.1. The summed E-state index contributed by atoms with van der Waals surface area (Å²) in [4.78, 5) is 30.0.